The molecule has 0 aliphatic heterocycles. The first-order valence-corrected chi connectivity index (χ1v) is 9.93. The molecule has 0 radical (unpaired) electrons. The van der Waals surface area contributed by atoms with E-state index < -0.39 is 11.5 Å². The number of rotatable bonds is 3. The first-order valence-electron chi connectivity index (χ1n) is 9.93. The number of anilines is 1. The second-order valence-corrected chi connectivity index (χ2v) is 8.59. The van der Waals surface area contributed by atoms with E-state index in [9.17, 15) is 14.4 Å². The van der Waals surface area contributed by atoms with Gasteiger partial charge in [-0.2, -0.15) is 0 Å². The van der Waals surface area contributed by atoms with Crippen molar-refractivity contribution >= 4 is 28.4 Å². The van der Waals surface area contributed by atoms with Gasteiger partial charge in [-0.25, -0.2) is 4.98 Å². The molecular weight excluding hydrogens is 396 g/mol. The van der Waals surface area contributed by atoms with Crippen LogP contribution in [0.1, 0.15) is 46.7 Å². The summed E-state index contributed by atoms with van der Waals surface area (Å²) in [6, 6.07) is 10.2. The number of aromatic nitrogens is 3. The number of carbonyl (C=O) groups is 2. The number of ketones is 1. The summed E-state index contributed by atoms with van der Waals surface area (Å²) in [6.45, 7) is 3.96. The minimum Gasteiger partial charge on any atom is -0.461 e. The highest BCUT2D eigenvalue weighted by molar-refractivity contribution is 6.07. The van der Waals surface area contributed by atoms with Crippen LogP contribution in [-0.2, 0) is 6.42 Å². The van der Waals surface area contributed by atoms with Crippen LogP contribution in [0, 0.1) is 5.41 Å². The molecule has 4 aromatic rings. The van der Waals surface area contributed by atoms with Crippen LogP contribution in [0.5, 0.6) is 0 Å². The lowest BCUT2D eigenvalue weighted by Crippen LogP contribution is -2.32. The Balaban J connectivity index is 1.44. The zero-order chi connectivity index (χ0) is 21.8. The van der Waals surface area contributed by atoms with Gasteiger partial charge in [0.25, 0.3) is 11.5 Å². The predicted molar refractivity (Wildman–Crippen MR) is 115 cm³/mol. The molecule has 156 valence electrons. The summed E-state index contributed by atoms with van der Waals surface area (Å²) in [6.07, 6.45) is 2.53. The van der Waals surface area contributed by atoms with Crippen molar-refractivity contribution in [1.82, 2.24) is 15.0 Å². The number of aromatic amines is 2. The van der Waals surface area contributed by atoms with Gasteiger partial charge in [0, 0.05) is 23.4 Å². The van der Waals surface area contributed by atoms with Gasteiger partial charge in [-0.1, -0.05) is 13.8 Å². The number of H-pyrrole nitrogens is 2. The molecular formula is C23H20N4O4. The number of fused-ring (bicyclic) bond motifs is 2. The molecule has 3 aromatic heterocycles. The Morgan fingerprint density at radius 1 is 1.13 bits per heavy atom. The normalized spacial score (nSPS) is 15.1. The maximum Gasteiger partial charge on any atom is 0.261 e. The van der Waals surface area contributed by atoms with Crippen LogP contribution >= 0.6 is 0 Å². The molecule has 1 aliphatic carbocycles. The zero-order valence-corrected chi connectivity index (χ0v) is 17.0. The van der Waals surface area contributed by atoms with Crippen LogP contribution in [0.2, 0.25) is 0 Å². The Kier molecular flexibility index (Phi) is 4.18. The average molecular weight is 416 g/mol. The summed E-state index contributed by atoms with van der Waals surface area (Å²) < 4.78 is 5.35. The zero-order valence-electron chi connectivity index (χ0n) is 17.0. The van der Waals surface area contributed by atoms with E-state index in [1.807, 2.05) is 13.8 Å². The van der Waals surface area contributed by atoms with Crippen LogP contribution in [0.3, 0.4) is 0 Å². The number of amides is 1. The molecule has 1 amide bonds. The van der Waals surface area contributed by atoms with Gasteiger partial charge in [0.1, 0.15) is 5.56 Å². The van der Waals surface area contributed by atoms with Gasteiger partial charge in [0.05, 0.1) is 17.3 Å². The molecule has 5 rings (SSSR count). The molecule has 0 unspecified atom stereocenters. The number of pyridine rings is 1. The highest BCUT2D eigenvalue weighted by atomic mass is 16.3. The molecule has 1 aliphatic rings. The number of hydrogen-bond acceptors (Lipinski definition) is 5. The summed E-state index contributed by atoms with van der Waals surface area (Å²) in [7, 11) is 0. The van der Waals surface area contributed by atoms with Crippen LogP contribution in [0.25, 0.3) is 22.6 Å². The monoisotopic (exact) mass is 416 g/mol. The SMILES string of the molecule is CC1(C)CC(=O)c2cc(C(=O)Nc3ccc4nc(-c5ccco5)[nH]c4c3)c(=O)[nH]c2C1. The van der Waals surface area contributed by atoms with Crippen molar-refractivity contribution < 1.29 is 14.0 Å². The number of carbonyl (C=O) groups excluding carboxylic acids is 2. The van der Waals surface area contributed by atoms with Crippen molar-refractivity contribution in [3.05, 3.63) is 69.8 Å². The number of hydrogen-bond donors (Lipinski definition) is 3. The number of imidazole rings is 1. The van der Waals surface area contributed by atoms with E-state index in [1.165, 1.54) is 6.07 Å². The lowest BCUT2D eigenvalue weighted by Gasteiger charge is -2.29. The van der Waals surface area contributed by atoms with E-state index in [2.05, 4.69) is 20.3 Å². The van der Waals surface area contributed by atoms with Crippen molar-refractivity contribution in [3.8, 4) is 11.6 Å². The Hall–Kier alpha value is -3.94. The Bertz CT molecular complexity index is 1390. The number of furan rings is 1. The third-order valence-electron chi connectivity index (χ3n) is 5.46. The van der Waals surface area contributed by atoms with Crippen molar-refractivity contribution in [3.63, 3.8) is 0 Å². The molecule has 0 fully saturated rings. The lowest BCUT2D eigenvalue weighted by atomic mass is 9.75. The molecule has 3 heterocycles. The third kappa shape index (κ3) is 3.46. The Labute approximate surface area is 176 Å². The molecule has 8 heteroatoms. The largest absolute Gasteiger partial charge is 0.461 e. The highest BCUT2D eigenvalue weighted by Crippen LogP contribution is 2.33. The van der Waals surface area contributed by atoms with E-state index >= 15 is 0 Å². The van der Waals surface area contributed by atoms with Crippen molar-refractivity contribution in [2.75, 3.05) is 5.32 Å². The fraction of sp³-hybridized carbons (Fsp3) is 0.217. The standard InChI is InChI=1S/C23H20N4O4/c1-23(2)10-17-13(18(28)11-23)9-14(22(30)27-17)21(29)24-12-5-6-15-16(8-12)26-20(25-15)19-4-3-7-31-19/h3-9H,10-11H2,1-2H3,(H,24,29)(H,25,26)(H,27,30). The van der Waals surface area contributed by atoms with Gasteiger partial charge in [-0.3, -0.25) is 14.4 Å². The first-order chi connectivity index (χ1) is 14.8. The summed E-state index contributed by atoms with van der Waals surface area (Å²) in [5.74, 6) is 0.541. The van der Waals surface area contributed by atoms with Crippen molar-refractivity contribution in [2.45, 2.75) is 26.7 Å². The van der Waals surface area contributed by atoms with Gasteiger partial charge in [-0.15, -0.1) is 0 Å². The van der Waals surface area contributed by atoms with Gasteiger partial charge in [-0.05, 0) is 48.2 Å². The topological polar surface area (TPSA) is 121 Å². The van der Waals surface area contributed by atoms with Crippen LogP contribution < -0.4 is 10.9 Å². The summed E-state index contributed by atoms with van der Waals surface area (Å²) in [4.78, 5) is 48.2. The van der Waals surface area contributed by atoms with Gasteiger partial charge >= 0.3 is 0 Å². The Morgan fingerprint density at radius 2 is 1.97 bits per heavy atom. The third-order valence-corrected chi connectivity index (χ3v) is 5.46. The first kappa shape index (κ1) is 19.0. The fourth-order valence-electron chi connectivity index (χ4n) is 4.01. The maximum absolute atomic E-state index is 12.8. The molecule has 0 atom stereocenters. The quantitative estimate of drug-likeness (QED) is 0.467. The minimum atomic E-state index is -0.577. The van der Waals surface area contributed by atoms with E-state index in [-0.39, 0.29) is 16.8 Å². The molecule has 0 saturated carbocycles. The maximum atomic E-state index is 12.8. The number of Topliss-reactive ketones (excluding diaryl/α,β-unsaturated/α-hetero) is 1. The molecule has 3 N–H and O–H groups in total. The van der Waals surface area contributed by atoms with Crippen LogP contribution in [-0.4, -0.2) is 26.6 Å². The Morgan fingerprint density at radius 3 is 2.74 bits per heavy atom. The van der Waals surface area contributed by atoms with E-state index in [1.54, 1.807) is 36.6 Å². The summed E-state index contributed by atoms with van der Waals surface area (Å²) in [5, 5.41) is 2.73. The number of nitrogens with one attached hydrogen (secondary N) is 3. The van der Waals surface area contributed by atoms with Gasteiger partial charge < -0.3 is 19.7 Å². The molecule has 31 heavy (non-hydrogen) atoms. The van der Waals surface area contributed by atoms with Crippen molar-refractivity contribution in [1.29, 1.82) is 0 Å². The van der Waals surface area contributed by atoms with Gasteiger partial charge in [0.2, 0.25) is 0 Å². The van der Waals surface area contributed by atoms with E-state index in [0.29, 0.717) is 52.4 Å². The van der Waals surface area contributed by atoms with Gasteiger partial charge in [0.15, 0.2) is 17.4 Å². The second-order valence-electron chi connectivity index (χ2n) is 8.59. The van der Waals surface area contributed by atoms with E-state index in [4.69, 9.17) is 4.42 Å². The number of nitrogens with zero attached hydrogens (tertiary/aromatic N) is 1. The number of benzene rings is 1. The second kappa shape index (κ2) is 6.80. The summed E-state index contributed by atoms with van der Waals surface area (Å²) >= 11 is 0. The summed E-state index contributed by atoms with van der Waals surface area (Å²) in [5.41, 5.74) is 2.10. The highest BCUT2D eigenvalue weighted by Gasteiger charge is 2.32. The average Bonchev–Trinajstić information content (AvgIpc) is 3.35. The lowest BCUT2D eigenvalue weighted by molar-refractivity contribution is 0.0910. The fourth-order valence-corrected chi connectivity index (χ4v) is 4.01. The minimum absolute atomic E-state index is 0.0686. The van der Waals surface area contributed by atoms with Crippen molar-refractivity contribution in [2.24, 2.45) is 5.41 Å². The van der Waals surface area contributed by atoms with Crippen LogP contribution in [0.15, 0.2) is 51.9 Å². The molecule has 1 aromatic carbocycles. The molecule has 0 saturated heterocycles. The predicted octanol–water partition coefficient (Wildman–Crippen LogP) is 3.92. The van der Waals surface area contributed by atoms with E-state index in [0.717, 1.165) is 0 Å². The molecule has 0 spiro atoms. The molecule has 8 nitrogen and oxygen atoms in total. The smallest absolute Gasteiger partial charge is 0.261 e. The van der Waals surface area contributed by atoms with Crippen LogP contribution in [0.4, 0.5) is 5.69 Å². The molecule has 0 bridgehead atoms.